The van der Waals surface area contributed by atoms with E-state index in [9.17, 15) is 4.79 Å². The molecule has 0 aliphatic carbocycles. The van der Waals surface area contributed by atoms with Crippen molar-refractivity contribution in [2.45, 2.75) is 33.3 Å². The highest BCUT2D eigenvalue weighted by Crippen LogP contribution is 2.25. The van der Waals surface area contributed by atoms with E-state index in [-0.39, 0.29) is 12.1 Å². The molecule has 1 unspecified atom stereocenters. The second kappa shape index (κ2) is 10.6. The molecule has 30 heavy (non-hydrogen) atoms. The number of esters is 1. The second-order valence-corrected chi connectivity index (χ2v) is 7.01. The highest BCUT2D eigenvalue weighted by molar-refractivity contribution is 5.91. The number of benzene rings is 3. The predicted octanol–water partition coefficient (Wildman–Crippen LogP) is 6.46. The highest BCUT2D eigenvalue weighted by Gasteiger charge is 2.10. The maximum atomic E-state index is 12.4. The molecule has 0 bridgehead atoms. The van der Waals surface area contributed by atoms with Gasteiger partial charge >= 0.3 is 5.97 Å². The van der Waals surface area contributed by atoms with E-state index in [1.807, 2.05) is 38.1 Å². The first kappa shape index (κ1) is 21.6. The standard InChI is InChI=1S/C26H28O4/c1-4-18-29-24-14-12-23(13-15-24)26(27)30-25-16-10-22(11-17-25)21-8-6-20(7-9-21)19(3)28-5-2/h6-17,19H,4-5,18H2,1-3H3. The number of hydrogen-bond donors (Lipinski definition) is 0. The van der Waals surface area contributed by atoms with Crippen LogP contribution in [0.4, 0.5) is 0 Å². The first-order chi connectivity index (χ1) is 14.6. The average Bonchev–Trinajstić information content (AvgIpc) is 2.79. The fraction of sp³-hybridized carbons (Fsp3) is 0.269. The summed E-state index contributed by atoms with van der Waals surface area (Å²) in [4.78, 5) is 12.4. The average molecular weight is 405 g/mol. The molecule has 0 saturated heterocycles. The van der Waals surface area contributed by atoms with Crippen LogP contribution in [0.1, 0.15) is 49.2 Å². The minimum absolute atomic E-state index is 0.0816. The maximum Gasteiger partial charge on any atom is 0.343 e. The Morgan fingerprint density at radius 3 is 1.93 bits per heavy atom. The Kier molecular flexibility index (Phi) is 7.63. The van der Waals surface area contributed by atoms with Crippen LogP contribution in [0.25, 0.3) is 11.1 Å². The summed E-state index contributed by atoms with van der Waals surface area (Å²) in [6, 6.07) is 22.8. The monoisotopic (exact) mass is 404 g/mol. The van der Waals surface area contributed by atoms with Crippen LogP contribution in [-0.4, -0.2) is 19.2 Å². The summed E-state index contributed by atoms with van der Waals surface area (Å²) in [6.45, 7) is 7.45. The third kappa shape index (κ3) is 5.71. The van der Waals surface area contributed by atoms with E-state index >= 15 is 0 Å². The molecule has 4 nitrogen and oxygen atoms in total. The van der Waals surface area contributed by atoms with E-state index in [0.29, 0.717) is 24.5 Å². The van der Waals surface area contributed by atoms with Crippen molar-refractivity contribution in [1.82, 2.24) is 0 Å². The molecule has 0 N–H and O–H groups in total. The molecule has 0 aromatic heterocycles. The van der Waals surface area contributed by atoms with E-state index in [1.165, 1.54) is 0 Å². The van der Waals surface area contributed by atoms with Gasteiger partial charge in [-0.15, -0.1) is 0 Å². The molecule has 0 saturated carbocycles. The fourth-order valence-corrected chi connectivity index (χ4v) is 3.08. The fourth-order valence-electron chi connectivity index (χ4n) is 3.08. The normalized spacial score (nSPS) is 11.7. The van der Waals surface area contributed by atoms with Crippen LogP contribution >= 0.6 is 0 Å². The van der Waals surface area contributed by atoms with Gasteiger partial charge in [0.2, 0.25) is 0 Å². The summed E-state index contributed by atoms with van der Waals surface area (Å²) in [5.41, 5.74) is 3.80. The number of carbonyl (C=O) groups excluding carboxylic acids is 1. The summed E-state index contributed by atoms with van der Waals surface area (Å²) in [5.74, 6) is 0.870. The number of ether oxygens (including phenoxy) is 3. The smallest absolute Gasteiger partial charge is 0.343 e. The van der Waals surface area contributed by atoms with Crippen LogP contribution < -0.4 is 9.47 Å². The molecule has 156 valence electrons. The van der Waals surface area contributed by atoms with Gasteiger partial charge in [-0.05, 0) is 73.4 Å². The van der Waals surface area contributed by atoms with Crippen LogP contribution in [0.15, 0.2) is 72.8 Å². The molecular formula is C26H28O4. The maximum absolute atomic E-state index is 12.4. The van der Waals surface area contributed by atoms with Gasteiger partial charge in [-0.2, -0.15) is 0 Å². The molecule has 0 radical (unpaired) electrons. The Balaban J connectivity index is 1.62. The SMILES string of the molecule is CCCOc1ccc(C(=O)Oc2ccc(-c3ccc(C(C)OCC)cc3)cc2)cc1. The number of hydrogen-bond acceptors (Lipinski definition) is 4. The Labute approximate surface area is 178 Å². The minimum Gasteiger partial charge on any atom is -0.494 e. The quantitative estimate of drug-likeness (QED) is 0.303. The molecular weight excluding hydrogens is 376 g/mol. The van der Waals surface area contributed by atoms with Crippen LogP contribution in [0.3, 0.4) is 0 Å². The zero-order valence-electron chi connectivity index (χ0n) is 17.8. The van der Waals surface area contributed by atoms with E-state index in [0.717, 1.165) is 28.9 Å². The summed E-state index contributed by atoms with van der Waals surface area (Å²) in [5, 5.41) is 0. The molecule has 0 aliphatic heterocycles. The summed E-state index contributed by atoms with van der Waals surface area (Å²) in [7, 11) is 0. The van der Waals surface area contributed by atoms with Crippen molar-refractivity contribution in [3.63, 3.8) is 0 Å². The van der Waals surface area contributed by atoms with Gasteiger partial charge in [-0.25, -0.2) is 4.79 Å². The van der Waals surface area contributed by atoms with Gasteiger partial charge in [-0.3, -0.25) is 0 Å². The lowest BCUT2D eigenvalue weighted by Crippen LogP contribution is -2.08. The lowest BCUT2D eigenvalue weighted by atomic mass is 10.0. The van der Waals surface area contributed by atoms with Crippen LogP contribution in [-0.2, 0) is 4.74 Å². The van der Waals surface area contributed by atoms with Gasteiger partial charge < -0.3 is 14.2 Å². The van der Waals surface area contributed by atoms with Gasteiger partial charge in [-0.1, -0.05) is 43.3 Å². The third-order valence-electron chi connectivity index (χ3n) is 4.76. The van der Waals surface area contributed by atoms with Gasteiger partial charge in [0, 0.05) is 6.61 Å². The Bertz CT molecular complexity index is 928. The minimum atomic E-state index is -0.390. The Morgan fingerprint density at radius 1 is 0.800 bits per heavy atom. The molecule has 0 spiro atoms. The van der Waals surface area contributed by atoms with Crippen LogP contribution in [0.5, 0.6) is 11.5 Å². The first-order valence-corrected chi connectivity index (χ1v) is 10.4. The molecule has 3 aromatic rings. The van der Waals surface area contributed by atoms with E-state index in [4.69, 9.17) is 14.2 Å². The van der Waals surface area contributed by atoms with Crippen molar-refractivity contribution < 1.29 is 19.0 Å². The van der Waals surface area contributed by atoms with Gasteiger partial charge in [0.15, 0.2) is 0 Å². The summed E-state index contributed by atoms with van der Waals surface area (Å²) < 4.78 is 16.7. The molecule has 1 atom stereocenters. The second-order valence-electron chi connectivity index (χ2n) is 7.01. The van der Waals surface area contributed by atoms with Crippen LogP contribution in [0.2, 0.25) is 0 Å². The first-order valence-electron chi connectivity index (χ1n) is 10.4. The van der Waals surface area contributed by atoms with Crippen molar-refractivity contribution in [1.29, 1.82) is 0 Å². The lowest BCUT2D eigenvalue weighted by Gasteiger charge is -2.12. The summed E-state index contributed by atoms with van der Waals surface area (Å²) >= 11 is 0. The molecule has 0 heterocycles. The predicted molar refractivity (Wildman–Crippen MR) is 119 cm³/mol. The van der Waals surface area contributed by atoms with E-state index in [2.05, 4.69) is 31.2 Å². The van der Waals surface area contributed by atoms with Gasteiger partial charge in [0.05, 0.1) is 18.3 Å². The zero-order chi connectivity index (χ0) is 21.3. The topological polar surface area (TPSA) is 44.8 Å². The van der Waals surface area contributed by atoms with Crippen molar-refractivity contribution in [2.24, 2.45) is 0 Å². The molecule has 0 aliphatic rings. The zero-order valence-corrected chi connectivity index (χ0v) is 17.8. The summed E-state index contributed by atoms with van der Waals surface area (Å²) in [6.07, 6.45) is 1.02. The van der Waals surface area contributed by atoms with Crippen molar-refractivity contribution in [3.05, 3.63) is 83.9 Å². The van der Waals surface area contributed by atoms with Crippen molar-refractivity contribution in [3.8, 4) is 22.6 Å². The van der Waals surface area contributed by atoms with Gasteiger partial charge in [0.25, 0.3) is 0 Å². The molecule has 0 amide bonds. The van der Waals surface area contributed by atoms with Crippen molar-refractivity contribution in [2.75, 3.05) is 13.2 Å². The molecule has 3 rings (SSSR count). The van der Waals surface area contributed by atoms with Crippen molar-refractivity contribution >= 4 is 5.97 Å². The lowest BCUT2D eigenvalue weighted by molar-refractivity contribution is 0.0734. The van der Waals surface area contributed by atoms with Gasteiger partial charge in [0.1, 0.15) is 11.5 Å². The Hall–Kier alpha value is -3.11. The molecule has 0 fully saturated rings. The number of rotatable bonds is 9. The van der Waals surface area contributed by atoms with E-state index < -0.39 is 0 Å². The Morgan fingerprint density at radius 2 is 1.37 bits per heavy atom. The largest absolute Gasteiger partial charge is 0.494 e. The van der Waals surface area contributed by atoms with Crippen LogP contribution in [0, 0.1) is 0 Å². The highest BCUT2D eigenvalue weighted by atomic mass is 16.5. The van der Waals surface area contributed by atoms with E-state index in [1.54, 1.807) is 24.3 Å². The molecule has 4 heteroatoms. The molecule has 3 aromatic carbocycles. The number of carbonyl (C=O) groups is 1. The third-order valence-corrected chi connectivity index (χ3v) is 4.76.